The molecule has 1 amide bonds. The fourth-order valence-corrected chi connectivity index (χ4v) is 5.04. The maximum absolute atomic E-state index is 13.0. The smallest absolute Gasteiger partial charge is 0.253 e. The van der Waals surface area contributed by atoms with Crippen LogP contribution < -0.4 is 10.2 Å². The number of hydrogen-bond acceptors (Lipinski definition) is 4. The van der Waals surface area contributed by atoms with Crippen molar-refractivity contribution in [1.82, 2.24) is 9.62 Å². The Morgan fingerprint density at radius 2 is 1.70 bits per heavy atom. The van der Waals surface area contributed by atoms with Gasteiger partial charge >= 0.3 is 0 Å². The Kier molecular flexibility index (Phi) is 7.68. The van der Waals surface area contributed by atoms with Crippen LogP contribution in [0.5, 0.6) is 0 Å². The first kappa shape index (κ1) is 21.7. The summed E-state index contributed by atoms with van der Waals surface area (Å²) >= 11 is 0. The maximum Gasteiger partial charge on any atom is 0.253 e. The fraction of sp³-hybridized carbons (Fsp3) is 0.650. The molecule has 0 aliphatic carbocycles. The molecule has 1 aliphatic heterocycles. The van der Waals surface area contributed by atoms with Gasteiger partial charge in [0.25, 0.3) is 5.91 Å². The number of anilines is 1. The van der Waals surface area contributed by atoms with E-state index in [9.17, 15) is 13.2 Å². The molecule has 1 N–H and O–H groups in total. The van der Waals surface area contributed by atoms with E-state index in [4.69, 9.17) is 0 Å². The highest BCUT2D eigenvalue weighted by Crippen LogP contribution is 2.28. The Labute approximate surface area is 164 Å². The van der Waals surface area contributed by atoms with Gasteiger partial charge in [-0.1, -0.05) is 27.7 Å². The Morgan fingerprint density at radius 1 is 1.11 bits per heavy atom. The number of hydrogen-bond donors (Lipinski definition) is 1. The lowest BCUT2D eigenvalue weighted by molar-refractivity contribution is 0.0935. The topological polar surface area (TPSA) is 69.7 Å². The summed E-state index contributed by atoms with van der Waals surface area (Å²) in [5.74, 6) is -0.192. The Balaban J connectivity index is 2.47. The Hall–Kier alpha value is -1.60. The van der Waals surface area contributed by atoms with Gasteiger partial charge in [0.2, 0.25) is 10.0 Å². The summed E-state index contributed by atoms with van der Waals surface area (Å²) in [7, 11) is -3.60. The zero-order valence-corrected chi connectivity index (χ0v) is 17.8. The Bertz CT molecular complexity index is 735. The lowest BCUT2D eigenvalue weighted by Crippen LogP contribution is -2.35. The van der Waals surface area contributed by atoms with Crippen molar-refractivity contribution in [2.24, 2.45) is 0 Å². The normalized spacial score (nSPS) is 15.0. The molecule has 7 heteroatoms. The average molecular weight is 396 g/mol. The molecule has 0 atom stereocenters. The lowest BCUT2D eigenvalue weighted by Gasteiger charge is -2.24. The molecule has 1 heterocycles. The van der Waals surface area contributed by atoms with Crippen LogP contribution in [0.2, 0.25) is 0 Å². The van der Waals surface area contributed by atoms with E-state index in [1.54, 1.807) is 18.2 Å². The van der Waals surface area contributed by atoms with E-state index in [1.165, 1.54) is 4.31 Å². The summed E-state index contributed by atoms with van der Waals surface area (Å²) in [5.41, 5.74) is 1.28. The first-order valence-electron chi connectivity index (χ1n) is 10.1. The maximum atomic E-state index is 13.0. The summed E-state index contributed by atoms with van der Waals surface area (Å²) in [6.45, 7) is 10.3. The van der Waals surface area contributed by atoms with Crippen molar-refractivity contribution in [3.63, 3.8) is 0 Å². The van der Waals surface area contributed by atoms with E-state index in [0.717, 1.165) is 44.5 Å². The van der Waals surface area contributed by atoms with Gasteiger partial charge in [-0.15, -0.1) is 0 Å². The zero-order valence-electron chi connectivity index (χ0n) is 17.0. The zero-order chi connectivity index (χ0) is 20.0. The largest absolute Gasteiger partial charge is 0.371 e. The second-order valence-corrected chi connectivity index (χ2v) is 8.89. The monoisotopic (exact) mass is 395 g/mol. The van der Waals surface area contributed by atoms with E-state index in [0.29, 0.717) is 18.7 Å². The standard InChI is InChI=1S/C20H33N3O3S/c1-5-16(6-2)21-20(24)18-15-17(27(25,26)23(7-3)8-4)11-12-19(18)22-13-9-10-14-22/h11-12,15-16H,5-10,13-14H2,1-4H3,(H,21,24). The number of nitrogens with one attached hydrogen (secondary N) is 1. The summed E-state index contributed by atoms with van der Waals surface area (Å²) in [6, 6.07) is 5.07. The van der Waals surface area contributed by atoms with Gasteiger partial charge in [0.05, 0.1) is 10.5 Å². The van der Waals surface area contributed by atoms with Crippen molar-refractivity contribution in [3.8, 4) is 0 Å². The van der Waals surface area contributed by atoms with Crippen LogP contribution in [0.25, 0.3) is 0 Å². The van der Waals surface area contributed by atoms with Gasteiger partial charge in [0, 0.05) is 37.9 Å². The molecule has 1 fully saturated rings. The molecule has 1 aromatic rings. The molecule has 1 aromatic carbocycles. The van der Waals surface area contributed by atoms with Crippen LogP contribution >= 0.6 is 0 Å². The van der Waals surface area contributed by atoms with Crippen LogP contribution in [0.15, 0.2) is 23.1 Å². The second-order valence-electron chi connectivity index (χ2n) is 6.95. The highest BCUT2D eigenvalue weighted by molar-refractivity contribution is 7.89. The Morgan fingerprint density at radius 3 is 2.22 bits per heavy atom. The van der Waals surface area contributed by atoms with E-state index in [1.807, 2.05) is 27.7 Å². The number of sulfonamides is 1. The molecule has 2 rings (SSSR count). The van der Waals surface area contributed by atoms with Gasteiger partial charge in [0.1, 0.15) is 0 Å². The van der Waals surface area contributed by atoms with Crippen LogP contribution in [-0.4, -0.2) is 50.9 Å². The number of benzene rings is 1. The molecule has 1 saturated heterocycles. The van der Waals surface area contributed by atoms with Crippen molar-refractivity contribution < 1.29 is 13.2 Å². The van der Waals surface area contributed by atoms with Crippen LogP contribution in [-0.2, 0) is 10.0 Å². The molecule has 0 spiro atoms. The molecular formula is C20H33N3O3S. The van der Waals surface area contributed by atoms with E-state index in [-0.39, 0.29) is 16.8 Å². The molecular weight excluding hydrogens is 362 g/mol. The molecule has 0 aromatic heterocycles. The van der Waals surface area contributed by atoms with E-state index >= 15 is 0 Å². The third-order valence-electron chi connectivity index (χ3n) is 5.32. The molecule has 152 valence electrons. The van der Waals surface area contributed by atoms with Gasteiger partial charge < -0.3 is 10.2 Å². The van der Waals surface area contributed by atoms with Crippen molar-refractivity contribution in [2.45, 2.75) is 64.3 Å². The summed E-state index contributed by atoms with van der Waals surface area (Å²) in [4.78, 5) is 15.4. The number of rotatable bonds is 9. The SMILES string of the molecule is CCC(CC)NC(=O)c1cc(S(=O)(=O)N(CC)CC)ccc1N1CCCC1. The van der Waals surface area contributed by atoms with Crippen molar-refractivity contribution in [1.29, 1.82) is 0 Å². The predicted octanol–water partition coefficient (Wildman–Crippen LogP) is 3.24. The van der Waals surface area contributed by atoms with Gasteiger partial charge in [-0.05, 0) is 43.9 Å². The third kappa shape index (κ3) is 4.82. The average Bonchev–Trinajstić information content (AvgIpc) is 3.20. The predicted molar refractivity (Wildman–Crippen MR) is 110 cm³/mol. The van der Waals surface area contributed by atoms with Gasteiger partial charge in [-0.3, -0.25) is 4.79 Å². The minimum absolute atomic E-state index is 0.0898. The summed E-state index contributed by atoms with van der Waals surface area (Å²) in [5, 5.41) is 3.06. The second kappa shape index (κ2) is 9.55. The molecule has 6 nitrogen and oxygen atoms in total. The number of carbonyl (C=O) groups excluding carboxylic acids is 1. The minimum atomic E-state index is -3.60. The highest BCUT2D eigenvalue weighted by Gasteiger charge is 2.26. The number of nitrogens with zero attached hydrogens (tertiary/aromatic N) is 2. The molecule has 0 saturated carbocycles. The van der Waals surface area contributed by atoms with Gasteiger partial charge in [0.15, 0.2) is 0 Å². The van der Waals surface area contributed by atoms with Crippen LogP contribution in [0.1, 0.15) is 63.7 Å². The summed E-state index contributed by atoms with van der Waals surface area (Å²) < 4.78 is 27.3. The van der Waals surface area contributed by atoms with Gasteiger partial charge in [-0.2, -0.15) is 4.31 Å². The quantitative estimate of drug-likeness (QED) is 0.697. The molecule has 0 bridgehead atoms. The first-order valence-corrected chi connectivity index (χ1v) is 11.5. The number of amides is 1. The van der Waals surface area contributed by atoms with Crippen molar-refractivity contribution in [2.75, 3.05) is 31.1 Å². The fourth-order valence-electron chi connectivity index (χ4n) is 3.56. The molecule has 1 aliphatic rings. The van der Waals surface area contributed by atoms with Crippen LogP contribution in [0, 0.1) is 0 Å². The molecule has 0 unspecified atom stereocenters. The van der Waals surface area contributed by atoms with E-state index < -0.39 is 10.0 Å². The molecule has 0 radical (unpaired) electrons. The lowest BCUT2D eigenvalue weighted by atomic mass is 10.1. The molecule has 27 heavy (non-hydrogen) atoms. The summed E-state index contributed by atoms with van der Waals surface area (Å²) in [6.07, 6.45) is 3.87. The highest BCUT2D eigenvalue weighted by atomic mass is 32.2. The van der Waals surface area contributed by atoms with Crippen molar-refractivity contribution in [3.05, 3.63) is 23.8 Å². The van der Waals surface area contributed by atoms with Gasteiger partial charge in [-0.25, -0.2) is 8.42 Å². The first-order chi connectivity index (χ1) is 12.9. The van der Waals surface area contributed by atoms with E-state index in [2.05, 4.69) is 10.2 Å². The third-order valence-corrected chi connectivity index (χ3v) is 7.37. The van der Waals surface area contributed by atoms with Crippen molar-refractivity contribution >= 4 is 21.6 Å². The van der Waals surface area contributed by atoms with Crippen LogP contribution in [0.3, 0.4) is 0 Å². The minimum Gasteiger partial charge on any atom is -0.371 e. The number of carbonyl (C=O) groups is 1. The van der Waals surface area contributed by atoms with Crippen LogP contribution in [0.4, 0.5) is 5.69 Å².